The van der Waals surface area contributed by atoms with Gasteiger partial charge in [0.2, 0.25) is 5.91 Å². The summed E-state index contributed by atoms with van der Waals surface area (Å²) in [7, 11) is 0. The van der Waals surface area contributed by atoms with Gasteiger partial charge in [-0.3, -0.25) is 4.79 Å². The molecule has 0 aliphatic heterocycles. The quantitative estimate of drug-likeness (QED) is 0.517. The molecular formula is C26H24N2O5. The van der Waals surface area contributed by atoms with Crippen molar-refractivity contribution < 1.29 is 24.2 Å². The van der Waals surface area contributed by atoms with Crippen LogP contribution >= 0.6 is 0 Å². The molecule has 1 aliphatic rings. The maximum Gasteiger partial charge on any atom is 0.407 e. The Balaban J connectivity index is 1.36. The van der Waals surface area contributed by atoms with E-state index < -0.39 is 24.0 Å². The lowest BCUT2D eigenvalue weighted by Gasteiger charge is -2.17. The maximum atomic E-state index is 12.5. The predicted molar refractivity (Wildman–Crippen MR) is 124 cm³/mol. The zero-order chi connectivity index (χ0) is 23.5. The standard InChI is InChI=1S/C26H24N2O5/c1-15-11-12-17(13-22(15)25(30)31)28-24(29)16(2)27-26(32)33-14-23-20-9-5-3-7-18(20)19-8-4-6-10-21(19)23/h3-13,16,23H,14H2,1-2H3,(H,27,32)(H,28,29)(H,30,31)/t16-/m0/s1. The molecule has 1 aliphatic carbocycles. The number of carboxylic acid groups (broad SMARTS) is 1. The van der Waals surface area contributed by atoms with Gasteiger partial charge in [-0.25, -0.2) is 9.59 Å². The van der Waals surface area contributed by atoms with Crippen molar-refractivity contribution in [1.82, 2.24) is 5.32 Å². The van der Waals surface area contributed by atoms with Crippen molar-refractivity contribution in [2.45, 2.75) is 25.8 Å². The van der Waals surface area contributed by atoms with Gasteiger partial charge in [-0.1, -0.05) is 54.6 Å². The minimum Gasteiger partial charge on any atom is -0.478 e. The van der Waals surface area contributed by atoms with Gasteiger partial charge in [0, 0.05) is 11.6 Å². The molecule has 1 atom stereocenters. The van der Waals surface area contributed by atoms with E-state index in [1.165, 1.54) is 13.0 Å². The van der Waals surface area contributed by atoms with Gasteiger partial charge in [0.1, 0.15) is 12.6 Å². The fourth-order valence-corrected chi connectivity index (χ4v) is 4.06. The lowest BCUT2D eigenvalue weighted by molar-refractivity contribution is -0.117. The van der Waals surface area contributed by atoms with E-state index in [0.717, 1.165) is 22.3 Å². The number of benzene rings is 3. The monoisotopic (exact) mass is 444 g/mol. The molecule has 7 heteroatoms. The summed E-state index contributed by atoms with van der Waals surface area (Å²) in [6.45, 7) is 3.35. The van der Waals surface area contributed by atoms with E-state index in [-0.39, 0.29) is 18.1 Å². The zero-order valence-corrected chi connectivity index (χ0v) is 18.3. The van der Waals surface area contributed by atoms with Crippen LogP contribution in [0.1, 0.15) is 39.9 Å². The highest BCUT2D eigenvalue weighted by Gasteiger charge is 2.29. The maximum absolute atomic E-state index is 12.5. The van der Waals surface area contributed by atoms with Crippen molar-refractivity contribution in [3.63, 3.8) is 0 Å². The van der Waals surface area contributed by atoms with Crippen LogP contribution in [-0.4, -0.2) is 35.7 Å². The molecule has 33 heavy (non-hydrogen) atoms. The molecule has 4 rings (SSSR count). The van der Waals surface area contributed by atoms with Crippen LogP contribution < -0.4 is 10.6 Å². The van der Waals surface area contributed by atoms with Gasteiger partial charge in [-0.2, -0.15) is 0 Å². The second-order valence-corrected chi connectivity index (χ2v) is 8.02. The minimum atomic E-state index is -1.08. The first-order chi connectivity index (χ1) is 15.8. The SMILES string of the molecule is Cc1ccc(NC(=O)[C@H](C)NC(=O)OCC2c3ccccc3-c3ccccc32)cc1C(=O)O. The molecule has 3 aromatic carbocycles. The Morgan fingerprint density at radius 1 is 0.970 bits per heavy atom. The molecule has 168 valence electrons. The van der Waals surface area contributed by atoms with Gasteiger partial charge >= 0.3 is 12.1 Å². The number of rotatable bonds is 6. The second-order valence-electron chi connectivity index (χ2n) is 8.02. The summed E-state index contributed by atoms with van der Waals surface area (Å²) < 4.78 is 5.47. The van der Waals surface area contributed by atoms with Crippen LogP contribution in [0.2, 0.25) is 0 Å². The number of carbonyl (C=O) groups is 3. The Morgan fingerprint density at radius 3 is 2.18 bits per heavy atom. The van der Waals surface area contributed by atoms with Gasteiger partial charge in [0.05, 0.1) is 5.56 Å². The summed E-state index contributed by atoms with van der Waals surface area (Å²) in [5, 5.41) is 14.4. The molecule has 0 saturated heterocycles. The van der Waals surface area contributed by atoms with Crippen LogP contribution in [-0.2, 0) is 9.53 Å². The Morgan fingerprint density at radius 2 is 1.58 bits per heavy atom. The molecule has 3 aromatic rings. The molecule has 0 saturated carbocycles. The number of nitrogens with one attached hydrogen (secondary N) is 2. The summed E-state index contributed by atoms with van der Waals surface area (Å²) in [6, 6.07) is 19.8. The third-order valence-electron chi connectivity index (χ3n) is 5.81. The Hall–Kier alpha value is -4.13. The van der Waals surface area contributed by atoms with E-state index in [4.69, 9.17) is 4.74 Å². The van der Waals surface area contributed by atoms with Crippen molar-refractivity contribution >= 4 is 23.7 Å². The molecule has 7 nitrogen and oxygen atoms in total. The number of aryl methyl sites for hydroxylation is 1. The van der Waals surface area contributed by atoms with Crippen LogP contribution in [0.5, 0.6) is 0 Å². The van der Waals surface area contributed by atoms with Crippen LogP contribution in [0.3, 0.4) is 0 Å². The molecule has 2 amide bonds. The highest BCUT2D eigenvalue weighted by Crippen LogP contribution is 2.44. The molecule has 0 bridgehead atoms. The third kappa shape index (κ3) is 4.57. The first-order valence-corrected chi connectivity index (χ1v) is 10.6. The lowest BCUT2D eigenvalue weighted by Crippen LogP contribution is -2.42. The number of amides is 2. The van der Waals surface area contributed by atoms with Gasteiger partial charge in [-0.05, 0) is 53.8 Å². The van der Waals surface area contributed by atoms with E-state index in [1.807, 2.05) is 36.4 Å². The molecule has 0 unspecified atom stereocenters. The Labute approximate surface area is 191 Å². The summed E-state index contributed by atoms with van der Waals surface area (Å²) in [5.74, 6) is -1.63. The normalized spacial score (nSPS) is 12.9. The fraction of sp³-hybridized carbons (Fsp3) is 0.192. The molecule has 0 fully saturated rings. The van der Waals surface area contributed by atoms with Crippen molar-refractivity contribution in [3.8, 4) is 11.1 Å². The number of alkyl carbamates (subject to hydrolysis) is 1. The average molecular weight is 444 g/mol. The molecule has 0 aromatic heterocycles. The molecule has 0 spiro atoms. The van der Waals surface area contributed by atoms with Crippen molar-refractivity contribution in [2.75, 3.05) is 11.9 Å². The van der Waals surface area contributed by atoms with Crippen molar-refractivity contribution in [2.24, 2.45) is 0 Å². The van der Waals surface area contributed by atoms with Gasteiger partial charge in [0.25, 0.3) is 0 Å². The largest absolute Gasteiger partial charge is 0.478 e. The van der Waals surface area contributed by atoms with E-state index in [2.05, 4.69) is 22.8 Å². The van der Waals surface area contributed by atoms with Crippen molar-refractivity contribution in [1.29, 1.82) is 0 Å². The topological polar surface area (TPSA) is 105 Å². The fourth-order valence-electron chi connectivity index (χ4n) is 4.06. The highest BCUT2D eigenvalue weighted by atomic mass is 16.5. The van der Waals surface area contributed by atoms with Crippen molar-refractivity contribution in [3.05, 3.63) is 89.0 Å². The van der Waals surface area contributed by atoms with E-state index >= 15 is 0 Å². The molecule has 3 N–H and O–H groups in total. The number of aromatic carboxylic acids is 1. The number of hydrogen-bond acceptors (Lipinski definition) is 4. The second kappa shape index (κ2) is 9.16. The summed E-state index contributed by atoms with van der Waals surface area (Å²) in [4.78, 5) is 36.1. The lowest BCUT2D eigenvalue weighted by atomic mass is 9.98. The average Bonchev–Trinajstić information content (AvgIpc) is 3.12. The van der Waals surface area contributed by atoms with Gasteiger partial charge < -0.3 is 20.5 Å². The molecule has 0 heterocycles. The number of anilines is 1. The third-order valence-corrected chi connectivity index (χ3v) is 5.81. The van der Waals surface area contributed by atoms with Crippen LogP contribution in [0.4, 0.5) is 10.5 Å². The summed E-state index contributed by atoms with van der Waals surface area (Å²) in [5.41, 5.74) is 5.50. The van der Waals surface area contributed by atoms with Crippen LogP contribution in [0.25, 0.3) is 11.1 Å². The van der Waals surface area contributed by atoms with Crippen LogP contribution in [0.15, 0.2) is 66.7 Å². The van der Waals surface area contributed by atoms with E-state index in [1.54, 1.807) is 19.1 Å². The first-order valence-electron chi connectivity index (χ1n) is 10.6. The zero-order valence-electron chi connectivity index (χ0n) is 18.3. The Kier molecular flexibility index (Phi) is 6.13. The number of fused-ring (bicyclic) bond motifs is 3. The first kappa shape index (κ1) is 22.1. The van der Waals surface area contributed by atoms with Gasteiger partial charge in [-0.15, -0.1) is 0 Å². The number of hydrogen-bond donors (Lipinski definition) is 3. The number of carboxylic acids is 1. The van der Waals surface area contributed by atoms with Gasteiger partial charge in [0.15, 0.2) is 0 Å². The van der Waals surface area contributed by atoms with E-state index in [9.17, 15) is 19.5 Å². The number of carbonyl (C=O) groups excluding carboxylic acids is 2. The molecular weight excluding hydrogens is 420 g/mol. The minimum absolute atomic E-state index is 0.0747. The summed E-state index contributed by atoms with van der Waals surface area (Å²) >= 11 is 0. The number of ether oxygens (including phenoxy) is 1. The summed E-state index contributed by atoms with van der Waals surface area (Å²) in [6.07, 6.45) is -0.699. The molecule has 0 radical (unpaired) electrons. The van der Waals surface area contributed by atoms with Crippen LogP contribution in [0, 0.1) is 6.92 Å². The highest BCUT2D eigenvalue weighted by molar-refractivity contribution is 5.98. The predicted octanol–water partition coefficient (Wildman–Crippen LogP) is 4.56. The van der Waals surface area contributed by atoms with E-state index in [0.29, 0.717) is 11.3 Å². The Bertz CT molecular complexity index is 1190. The smallest absolute Gasteiger partial charge is 0.407 e.